The molecule has 1 aromatic heterocycles. The molecule has 0 spiro atoms. The largest absolute Gasteiger partial charge is 0.497 e. The lowest BCUT2D eigenvalue weighted by Gasteiger charge is -2.25. The van der Waals surface area contributed by atoms with Gasteiger partial charge in [-0.2, -0.15) is 5.10 Å². The van der Waals surface area contributed by atoms with E-state index in [9.17, 15) is 4.79 Å². The molecule has 0 atom stereocenters. The molecule has 2 aromatic carbocycles. The highest BCUT2D eigenvalue weighted by Crippen LogP contribution is 2.31. The van der Waals surface area contributed by atoms with Gasteiger partial charge < -0.3 is 20.1 Å². The van der Waals surface area contributed by atoms with Gasteiger partial charge in [0.15, 0.2) is 0 Å². The third-order valence-corrected chi connectivity index (χ3v) is 6.69. The van der Waals surface area contributed by atoms with E-state index in [2.05, 4.69) is 47.8 Å². The van der Waals surface area contributed by atoms with Crippen molar-refractivity contribution in [2.24, 2.45) is 0 Å². The molecule has 2 heterocycles. The van der Waals surface area contributed by atoms with Gasteiger partial charge in [-0.15, -0.1) is 12.4 Å². The number of rotatable bonds is 8. The van der Waals surface area contributed by atoms with Gasteiger partial charge in [-0.3, -0.25) is 4.79 Å². The molecule has 2 N–H and O–H groups in total. The number of piperidine rings is 1. The summed E-state index contributed by atoms with van der Waals surface area (Å²) in [7, 11) is 3.27. The summed E-state index contributed by atoms with van der Waals surface area (Å²) in [5, 5.41) is 11.2. The maximum Gasteiger partial charge on any atom is 0.254 e. The van der Waals surface area contributed by atoms with Crippen LogP contribution >= 0.6 is 12.4 Å². The molecule has 7 nitrogen and oxygen atoms in total. The molecular weight excluding hydrogens is 464 g/mol. The highest BCUT2D eigenvalue weighted by atomic mass is 35.5. The number of benzene rings is 2. The van der Waals surface area contributed by atoms with E-state index in [-0.39, 0.29) is 24.2 Å². The first-order valence-corrected chi connectivity index (χ1v) is 11.9. The van der Waals surface area contributed by atoms with Gasteiger partial charge in [0.25, 0.3) is 5.91 Å². The fourth-order valence-corrected chi connectivity index (χ4v) is 4.55. The van der Waals surface area contributed by atoms with Crippen LogP contribution in [0.15, 0.2) is 42.6 Å². The third-order valence-electron chi connectivity index (χ3n) is 6.69. The topological polar surface area (TPSA) is 77.4 Å². The normalized spacial score (nSPS) is 13.7. The molecule has 0 unspecified atom stereocenters. The van der Waals surface area contributed by atoms with E-state index >= 15 is 0 Å². The lowest BCUT2D eigenvalue weighted by Crippen LogP contribution is -2.31. The number of aromatic nitrogens is 2. The van der Waals surface area contributed by atoms with Crippen molar-refractivity contribution in [2.75, 3.05) is 33.9 Å². The summed E-state index contributed by atoms with van der Waals surface area (Å²) in [4.78, 5) is 13.3. The van der Waals surface area contributed by atoms with Crippen molar-refractivity contribution in [2.45, 2.75) is 39.0 Å². The maximum absolute atomic E-state index is 13.3. The van der Waals surface area contributed by atoms with E-state index in [0.717, 1.165) is 54.4 Å². The SMILES string of the molecule is COc1ccc(CCNC(=O)c2cnn(-c3ccc(C)c(C)c3)c2C2CCNCC2)c(OC)c1.Cl. The maximum atomic E-state index is 13.3. The molecule has 35 heavy (non-hydrogen) atoms. The minimum atomic E-state index is -0.0869. The summed E-state index contributed by atoms with van der Waals surface area (Å²) >= 11 is 0. The lowest BCUT2D eigenvalue weighted by atomic mass is 9.91. The lowest BCUT2D eigenvalue weighted by molar-refractivity contribution is 0.0952. The Hall–Kier alpha value is -3.03. The molecule has 1 aliphatic heterocycles. The molecule has 8 heteroatoms. The average Bonchev–Trinajstić information content (AvgIpc) is 3.31. The Balaban J connectivity index is 0.00000342. The van der Waals surface area contributed by atoms with Gasteiger partial charge in [0.2, 0.25) is 0 Å². The van der Waals surface area contributed by atoms with Crippen LogP contribution in [-0.2, 0) is 6.42 Å². The number of amides is 1. The Morgan fingerprint density at radius 1 is 1.09 bits per heavy atom. The van der Waals surface area contributed by atoms with Crippen molar-refractivity contribution >= 4 is 18.3 Å². The molecule has 3 aromatic rings. The van der Waals surface area contributed by atoms with Gasteiger partial charge in [0.05, 0.1) is 37.4 Å². The van der Waals surface area contributed by atoms with Crippen molar-refractivity contribution < 1.29 is 14.3 Å². The van der Waals surface area contributed by atoms with E-state index < -0.39 is 0 Å². The summed E-state index contributed by atoms with van der Waals surface area (Å²) in [6.07, 6.45) is 4.35. The Morgan fingerprint density at radius 2 is 1.86 bits per heavy atom. The van der Waals surface area contributed by atoms with Gasteiger partial charge in [0.1, 0.15) is 11.5 Å². The van der Waals surface area contributed by atoms with Crippen molar-refractivity contribution in [3.05, 3.63) is 70.5 Å². The van der Waals surface area contributed by atoms with Crippen molar-refractivity contribution in [3.8, 4) is 17.2 Å². The molecule has 1 saturated heterocycles. The molecule has 1 fully saturated rings. The van der Waals surface area contributed by atoms with Gasteiger partial charge in [0, 0.05) is 18.5 Å². The second-order valence-corrected chi connectivity index (χ2v) is 8.83. The van der Waals surface area contributed by atoms with Gasteiger partial charge >= 0.3 is 0 Å². The summed E-state index contributed by atoms with van der Waals surface area (Å²) in [6.45, 7) is 6.60. The zero-order chi connectivity index (χ0) is 24.1. The van der Waals surface area contributed by atoms with E-state index in [1.54, 1.807) is 20.4 Å². The zero-order valence-electron chi connectivity index (χ0n) is 20.9. The Morgan fingerprint density at radius 3 is 2.54 bits per heavy atom. The van der Waals surface area contributed by atoms with Crippen LogP contribution in [0.4, 0.5) is 0 Å². The number of methoxy groups -OCH3 is 2. The summed E-state index contributed by atoms with van der Waals surface area (Å²) < 4.78 is 12.7. The Kier molecular flexibility index (Phi) is 9.18. The molecule has 1 amide bonds. The number of ether oxygens (including phenoxy) is 2. The second-order valence-electron chi connectivity index (χ2n) is 8.83. The number of carbonyl (C=O) groups is 1. The molecule has 0 radical (unpaired) electrons. The van der Waals surface area contributed by atoms with Crippen molar-refractivity contribution in [1.29, 1.82) is 0 Å². The smallest absolute Gasteiger partial charge is 0.254 e. The fraction of sp³-hybridized carbons (Fsp3) is 0.407. The predicted octanol–water partition coefficient (Wildman–Crippen LogP) is 4.37. The third kappa shape index (κ3) is 5.97. The van der Waals surface area contributed by atoms with Crippen LogP contribution in [-0.4, -0.2) is 49.5 Å². The number of hydrogen-bond donors (Lipinski definition) is 2. The zero-order valence-corrected chi connectivity index (χ0v) is 21.7. The minimum Gasteiger partial charge on any atom is -0.497 e. The summed E-state index contributed by atoms with van der Waals surface area (Å²) in [5.74, 6) is 1.70. The van der Waals surface area contributed by atoms with Gasteiger partial charge in [-0.1, -0.05) is 12.1 Å². The second kappa shape index (κ2) is 12.1. The highest BCUT2D eigenvalue weighted by Gasteiger charge is 2.27. The number of halogens is 1. The number of carbonyl (C=O) groups excluding carboxylic acids is 1. The molecule has 1 aliphatic rings. The van der Waals surface area contributed by atoms with Crippen LogP contribution in [0, 0.1) is 13.8 Å². The number of nitrogens with zero attached hydrogens (tertiary/aromatic N) is 2. The molecule has 0 aliphatic carbocycles. The quantitative estimate of drug-likeness (QED) is 0.482. The van der Waals surface area contributed by atoms with E-state index in [0.29, 0.717) is 18.5 Å². The van der Waals surface area contributed by atoms with Crippen LogP contribution in [0.3, 0.4) is 0 Å². The van der Waals surface area contributed by atoms with Crippen LogP contribution < -0.4 is 20.1 Å². The molecule has 188 valence electrons. The van der Waals surface area contributed by atoms with Crippen LogP contribution in [0.5, 0.6) is 11.5 Å². The van der Waals surface area contributed by atoms with Crippen molar-refractivity contribution in [1.82, 2.24) is 20.4 Å². The summed E-state index contributed by atoms with van der Waals surface area (Å²) in [6, 6.07) is 12.1. The van der Waals surface area contributed by atoms with E-state index in [4.69, 9.17) is 9.47 Å². The van der Waals surface area contributed by atoms with Gasteiger partial charge in [-0.25, -0.2) is 4.68 Å². The van der Waals surface area contributed by atoms with Crippen molar-refractivity contribution in [3.63, 3.8) is 0 Å². The molecular formula is C27H35ClN4O3. The Labute approximate surface area is 213 Å². The molecule has 0 saturated carbocycles. The average molecular weight is 499 g/mol. The number of aryl methyl sites for hydroxylation is 2. The number of hydrogen-bond acceptors (Lipinski definition) is 5. The summed E-state index contributed by atoms with van der Waals surface area (Å²) in [5.41, 5.74) is 6.14. The fourth-order valence-electron chi connectivity index (χ4n) is 4.55. The first-order chi connectivity index (χ1) is 16.5. The van der Waals surface area contributed by atoms with Crippen LogP contribution in [0.1, 0.15) is 51.5 Å². The van der Waals surface area contributed by atoms with E-state index in [1.165, 1.54) is 11.1 Å². The predicted molar refractivity (Wildman–Crippen MR) is 141 cm³/mol. The van der Waals surface area contributed by atoms with E-state index in [1.807, 2.05) is 22.9 Å². The molecule has 0 bridgehead atoms. The first-order valence-electron chi connectivity index (χ1n) is 11.9. The van der Waals surface area contributed by atoms with Crippen LogP contribution in [0.2, 0.25) is 0 Å². The Bertz CT molecular complexity index is 1160. The standard InChI is InChI=1S/C27H34N4O3.ClH/c1-18-5-7-22(15-19(18)2)31-26(21-9-12-28-13-10-21)24(17-30-31)27(32)29-14-11-20-6-8-23(33-3)16-25(20)34-4;/h5-8,15-17,21,28H,9-14H2,1-4H3,(H,29,32);1H. The first kappa shape index (κ1) is 26.6. The highest BCUT2D eigenvalue weighted by molar-refractivity contribution is 5.95. The minimum absolute atomic E-state index is 0. The monoisotopic (exact) mass is 498 g/mol. The van der Waals surface area contributed by atoms with Crippen LogP contribution in [0.25, 0.3) is 5.69 Å². The molecule has 4 rings (SSSR count). The van der Waals surface area contributed by atoms with Gasteiger partial charge in [-0.05, 0) is 81.1 Å². The number of nitrogens with one attached hydrogen (secondary N) is 2.